The largest absolute Gasteiger partial charge is 0.368 e. The van der Waals surface area contributed by atoms with Crippen LogP contribution in [0.4, 0.5) is 0 Å². The van der Waals surface area contributed by atoms with Crippen molar-refractivity contribution in [3.8, 4) is 0 Å². The molecule has 0 saturated carbocycles. The molecule has 1 heterocycles. The van der Waals surface area contributed by atoms with Gasteiger partial charge in [0, 0.05) is 0 Å². The second-order valence-corrected chi connectivity index (χ2v) is 9.33. The minimum absolute atomic E-state index is 0.156. The zero-order valence-corrected chi connectivity index (χ0v) is 20.9. The Balaban J connectivity index is 1.59. The van der Waals surface area contributed by atoms with E-state index >= 15 is 0 Å². The van der Waals surface area contributed by atoms with Gasteiger partial charge < -0.3 is 18.9 Å². The van der Waals surface area contributed by atoms with Crippen LogP contribution in [0.1, 0.15) is 37.5 Å². The van der Waals surface area contributed by atoms with Gasteiger partial charge in [-0.25, -0.2) is 0 Å². The SMILES string of the molecule is CC(C)=C[C@@H]1O[C@@H](C)[C@H](OCc2ccccc2)[C@@H](OCc2ccccc2)[C@H]1OCc1ccccc1. The molecule has 4 heteroatoms. The molecule has 4 rings (SSSR count). The Morgan fingerprint density at radius 1 is 0.629 bits per heavy atom. The van der Waals surface area contributed by atoms with E-state index in [9.17, 15) is 0 Å². The minimum atomic E-state index is -0.314. The monoisotopic (exact) mass is 472 g/mol. The lowest BCUT2D eigenvalue weighted by Gasteiger charge is -2.45. The fourth-order valence-corrected chi connectivity index (χ4v) is 4.42. The molecule has 0 bridgehead atoms. The van der Waals surface area contributed by atoms with Crippen LogP contribution >= 0.6 is 0 Å². The van der Waals surface area contributed by atoms with Gasteiger partial charge in [-0.15, -0.1) is 0 Å². The Morgan fingerprint density at radius 2 is 1.03 bits per heavy atom. The summed E-state index contributed by atoms with van der Waals surface area (Å²) in [6, 6.07) is 30.7. The quantitative estimate of drug-likeness (QED) is 0.316. The maximum Gasteiger partial charge on any atom is 0.116 e. The third kappa shape index (κ3) is 7.36. The second-order valence-electron chi connectivity index (χ2n) is 9.33. The highest BCUT2D eigenvalue weighted by Gasteiger charge is 2.46. The molecule has 1 aliphatic heterocycles. The highest BCUT2D eigenvalue weighted by molar-refractivity contribution is 5.16. The van der Waals surface area contributed by atoms with Crippen molar-refractivity contribution in [2.24, 2.45) is 0 Å². The second kappa shape index (κ2) is 12.8. The third-order valence-corrected chi connectivity index (χ3v) is 6.16. The lowest BCUT2D eigenvalue weighted by molar-refractivity contribution is -0.251. The third-order valence-electron chi connectivity index (χ3n) is 6.16. The fourth-order valence-electron chi connectivity index (χ4n) is 4.42. The number of benzene rings is 3. The molecule has 0 aromatic heterocycles. The van der Waals surface area contributed by atoms with Crippen LogP contribution in [0.5, 0.6) is 0 Å². The summed E-state index contributed by atoms with van der Waals surface area (Å²) >= 11 is 0. The first-order chi connectivity index (χ1) is 17.1. The van der Waals surface area contributed by atoms with Crippen LogP contribution in [0.25, 0.3) is 0 Å². The van der Waals surface area contributed by atoms with E-state index in [1.807, 2.05) is 54.6 Å². The van der Waals surface area contributed by atoms with Crippen molar-refractivity contribution in [1.82, 2.24) is 0 Å². The van der Waals surface area contributed by atoms with E-state index in [0.717, 1.165) is 16.7 Å². The van der Waals surface area contributed by atoms with Gasteiger partial charge in [0.25, 0.3) is 0 Å². The molecule has 1 fully saturated rings. The van der Waals surface area contributed by atoms with Gasteiger partial charge in [0.05, 0.1) is 25.9 Å². The molecular formula is C31H36O4. The molecule has 3 aromatic carbocycles. The maximum atomic E-state index is 6.59. The average Bonchev–Trinajstić information content (AvgIpc) is 2.88. The van der Waals surface area contributed by atoms with E-state index in [1.54, 1.807) is 0 Å². The lowest BCUT2D eigenvalue weighted by atomic mass is 9.93. The van der Waals surface area contributed by atoms with E-state index in [0.29, 0.717) is 19.8 Å². The van der Waals surface area contributed by atoms with Crippen molar-refractivity contribution >= 4 is 0 Å². The summed E-state index contributed by atoms with van der Waals surface area (Å²) < 4.78 is 26.1. The van der Waals surface area contributed by atoms with E-state index < -0.39 is 0 Å². The average molecular weight is 473 g/mol. The van der Waals surface area contributed by atoms with Gasteiger partial charge in [-0.1, -0.05) is 103 Å². The zero-order chi connectivity index (χ0) is 24.5. The summed E-state index contributed by atoms with van der Waals surface area (Å²) in [5, 5.41) is 0. The zero-order valence-electron chi connectivity index (χ0n) is 20.9. The molecule has 4 nitrogen and oxygen atoms in total. The number of rotatable bonds is 10. The molecular weight excluding hydrogens is 436 g/mol. The summed E-state index contributed by atoms with van der Waals surface area (Å²) in [4.78, 5) is 0. The Bertz CT molecular complexity index is 1030. The standard InChI is InChI=1S/C31H36O4/c1-23(2)19-28-30(33-21-26-15-9-5-10-16-26)31(34-22-27-17-11-6-12-18-27)29(24(3)35-28)32-20-25-13-7-4-8-14-25/h4-19,24,28-31H,20-22H2,1-3H3/t24-,28-,29-,30-,31+/m0/s1. The first-order valence-corrected chi connectivity index (χ1v) is 12.4. The summed E-state index contributed by atoms with van der Waals surface area (Å²) in [5.41, 5.74) is 4.54. The molecule has 1 saturated heterocycles. The number of hydrogen-bond acceptors (Lipinski definition) is 4. The highest BCUT2D eigenvalue weighted by Crippen LogP contribution is 2.31. The van der Waals surface area contributed by atoms with Crippen LogP contribution in [-0.4, -0.2) is 30.5 Å². The van der Waals surface area contributed by atoms with Crippen molar-refractivity contribution in [3.63, 3.8) is 0 Å². The normalized spacial score (nSPS) is 24.1. The summed E-state index contributed by atoms with van der Waals surface area (Å²) in [6.07, 6.45) is 0.866. The molecule has 0 spiro atoms. The van der Waals surface area contributed by atoms with Crippen molar-refractivity contribution in [2.45, 2.75) is 71.1 Å². The van der Waals surface area contributed by atoms with E-state index in [4.69, 9.17) is 18.9 Å². The summed E-state index contributed by atoms with van der Waals surface area (Å²) in [7, 11) is 0. The molecule has 0 unspecified atom stereocenters. The van der Waals surface area contributed by atoms with Crippen LogP contribution in [0.3, 0.4) is 0 Å². The van der Waals surface area contributed by atoms with Crippen LogP contribution in [0.2, 0.25) is 0 Å². The smallest absolute Gasteiger partial charge is 0.116 e. The molecule has 0 aliphatic carbocycles. The van der Waals surface area contributed by atoms with Gasteiger partial charge in [0.15, 0.2) is 0 Å². The predicted octanol–water partition coefficient (Wildman–Crippen LogP) is 6.50. The Labute approximate surface area is 209 Å². The fraction of sp³-hybridized carbons (Fsp3) is 0.355. The molecule has 184 valence electrons. The molecule has 0 amide bonds. The maximum absolute atomic E-state index is 6.59. The first kappa shape index (κ1) is 25.3. The van der Waals surface area contributed by atoms with Gasteiger partial charge in [0.1, 0.15) is 24.4 Å². The van der Waals surface area contributed by atoms with Gasteiger partial charge >= 0.3 is 0 Å². The predicted molar refractivity (Wildman–Crippen MR) is 139 cm³/mol. The molecule has 0 N–H and O–H groups in total. The first-order valence-electron chi connectivity index (χ1n) is 12.4. The highest BCUT2D eigenvalue weighted by atomic mass is 16.6. The Kier molecular flexibility index (Phi) is 9.27. The number of ether oxygens (including phenoxy) is 4. The van der Waals surface area contributed by atoms with Gasteiger partial charge in [-0.3, -0.25) is 0 Å². The van der Waals surface area contributed by atoms with Gasteiger partial charge in [-0.2, -0.15) is 0 Å². The van der Waals surface area contributed by atoms with Crippen molar-refractivity contribution in [3.05, 3.63) is 119 Å². The molecule has 3 aromatic rings. The van der Waals surface area contributed by atoms with Gasteiger partial charge in [0.2, 0.25) is 0 Å². The molecule has 0 radical (unpaired) electrons. The van der Waals surface area contributed by atoms with Gasteiger partial charge in [-0.05, 0) is 37.5 Å². The Hall–Kier alpha value is -2.76. The molecule has 35 heavy (non-hydrogen) atoms. The Morgan fingerprint density at radius 3 is 1.46 bits per heavy atom. The number of hydrogen-bond donors (Lipinski definition) is 0. The van der Waals surface area contributed by atoms with E-state index in [1.165, 1.54) is 5.57 Å². The van der Waals surface area contributed by atoms with Crippen molar-refractivity contribution in [2.75, 3.05) is 0 Å². The van der Waals surface area contributed by atoms with Crippen LogP contribution < -0.4 is 0 Å². The summed E-state index contributed by atoms with van der Waals surface area (Å²) in [6.45, 7) is 7.68. The summed E-state index contributed by atoms with van der Waals surface area (Å²) in [5.74, 6) is 0. The lowest BCUT2D eigenvalue weighted by Crippen LogP contribution is -2.58. The van der Waals surface area contributed by atoms with Crippen molar-refractivity contribution in [1.29, 1.82) is 0 Å². The van der Waals surface area contributed by atoms with E-state index in [2.05, 4.69) is 63.2 Å². The van der Waals surface area contributed by atoms with Crippen molar-refractivity contribution < 1.29 is 18.9 Å². The topological polar surface area (TPSA) is 36.9 Å². The minimum Gasteiger partial charge on any atom is -0.368 e. The van der Waals surface area contributed by atoms with E-state index in [-0.39, 0.29) is 30.5 Å². The van der Waals surface area contributed by atoms with Crippen LogP contribution in [0, 0.1) is 0 Å². The van der Waals surface area contributed by atoms with Crippen LogP contribution in [0.15, 0.2) is 103 Å². The molecule has 1 aliphatic rings. The molecule has 5 atom stereocenters. The number of allylic oxidation sites excluding steroid dienone is 1. The van der Waals surface area contributed by atoms with Crippen LogP contribution in [-0.2, 0) is 38.8 Å².